The number of ether oxygens (including phenoxy) is 2. The van der Waals surface area contributed by atoms with Crippen LogP contribution in [0.25, 0.3) is 0 Å². The number of esters is 1. The third-order valence-electron chi connectivity index (χ3n) is 6.04. The molecule has 1 saturated heterocycles. The van der Waals surface area contributed by atoms with Crippen molar-refractivity contribution in [2.75, 3.05) is 6.61 Å². The molecule has 7 N–H and O–H groups in total. The predicted molar refractivity (Wildman–Crippen MR) is 125 cm³/mol. The molecule has 0 aromatic heterocycles. The molecule has 0 radical (unpaired) electrons. The number of aliphatic hydroxyl groups is 4. The van der Waals surface area contributed by atoms with Crippen molar-refractivity contribution in [2.45, 2.75) is 120 Å². The maximum absolute atomic E-state index is 12.4. The fraction of sp³-hybridized carbons (Fsp3) is 0.909. The average Bonchev–Trinajstić information content (AvgIpc) is 2.76. The Labute approximate surface area is 206 Å². The van der Waals surface area contributed by atoms with Crippen LogP contribution in [-0.2, 0) is 23.6 Å². The summed E-state index contributed by atoms with van der Waals surface area (Å²) in [5, 5.41) is 42.7. The second kappa shape index (κ2) is 15.2. The van der Waals surface area contributed by atoms with E-state index in [1.54, 1.807) is 0 Å². The van der Waals surface area contributed by atoms with E-state index in [2.05, 4.69) is 6.92 Å². The molecule has 12 nitrogen and oxygen atoms in total. The first kappa shape index (κ1) is 31.9. The SMILES string of the molecule is CCCCCCCCCCC[C@@H](O)CC(=O)O[C@H]1[C@H](O)[C@@H](CO)O[C@@](O)(P(=O)(O)O)[C@H]1NC(C)=O. The summed E-state index contributed by atoms with van der Waals surface area (Å²) in [5.74, 6) is -1.87. The zero-order chi connectivity index (χ0) is 26.6. The number of hydrogen-bond donors (Lipinski definition) is 7. The normalized spacial score (nSPS) is 27.9. The van der Waals surface area contributed by atoms with Crippen LogP contribution in [-0.4, -0.2) is 84.7 Å². The summed E-state index contributed by atoms with van der Waals surface area (Å²) in [5.41, 5.74) is -3.37. The number of nitrogens with one attached hydrogen (secondary N) is 1. The van der Waals surface area contributed by atoms with Crippen LogP contribution in [0.2, 0.25) is 0 Å². The zero-order valence-electron chi connectivity index (χ0n) is 20.5. The van der Waals surface area contributed by atoms with Crippen molar-refractivity contribution in [3.05, 3.63) is 0 Å². The van der Waals surface area contributed by atoms with Crippen LogP contribution in [0, 0.1) is 0 Å². The van der Waals surface area contributed by atoms with Crippen LogP contribution < -0.4 is 5.32 Å². The minimum Gasteiger partial charge on any atom is -0.457 e. The number of aliphatic hydroxyl groups excluding tert-OH is 3. The van der Waals surface area contributed by atoms with E-state index < -0.39 is 68.5 Å². The lowest BCUT2D eigenvalue weighted by molar-refractivity contribution is -0.287. The quantitative estimate of drug-likeness (QED) is 0.0843. The average molecular weight is 528 g/mol. The molecule has 206 valence electrons. The van der Waals surface area contributed by atoms with Crippen molar-refractivity contribution in [3.63, 3.8) is 0 Å². The first-order chi connectivity index (χ1) is 16.4. The van der Waals surface area contributed by atoms with E-state index in [1.165, 1.54) is 32.1 Å². The molecule has 6 atom stereocenters. The zero-order valence-corrected chi connectivity index (χ0v) is 21.4. The number of carbonyl (C=O) groups excluding carboxylic acids is 2. The van der Waals surface area contributed by atoms with Gasteiger partial charge in [0.25, 0.3) is 5.53 Å². The Morgan fingerprint density at radius 3 is 2.11 bits per heavy atom. The highest BCUT2D eigenvalue weighted by atomic mass is 31.2. The van der Waals surface area contributed by atoms with Crippen LogP contribution in [0.5, 0.6) is 0 Å². The molecule has 0 spiro atoms. The van der Waals surface area contributed by atoms with Crippen molar-refractivity contribution < 1.29 is 53.8 Å². The summed E-state index contributed by atoms with van der Waals surface area (Å²) >= 11 is 0. The lowest BCUT2D eigenvalue weighted by Crippen LogP contribution is -2.70. The van der Waals surface area contributed by atoms with E-state index in [0.717, 1.165) is 26.2 Å². The van der Waals surface area contributed by atoms with Gasteiger partial charge in [0.1, 0.15) is 18.2 Å². The predicted octanol–water partition coefficient (Wildman–Crippen LogP) is 0.651. The molecule has 1 heterocycles. The minimum absolute atomic E-state index is 0.335. The monoisotopic (exact) mass is 527 g/mol. The summed E-state index contributed by atoms with van der Waals surface area (Å²) in [6.07, 6.45) is 3.23. The molecule has 0 bridgehead atoms. The lowest BCUT2D eigenvalue weighted by Gasteiger charge is -2.48. The Hall–Kier alpha value is -1.11. The van der Waals surface area contributed by atoms with E-state index in [9.17, 15) is 44.4 Å². The van der Waals surface area contributed by atoms with Crippen LogP contribution in [0.3, 0.4) is 0 Å². The van der Waals surface area contributed by atoms with Gasteiger partial charge in [0.05, 0.1) is 19.1 Å². The second-order valence-electron chi connectivity index (χ2n) is 9.14. The van der Waals surface area contributed by atoms with Gasteiger partial charge in [0, 0.05) is 6.92 Å². The van der Waals surface area contributed by atoms with Crippen LogP contribution in [0.4, 0.5) is 0 Å². The standard InChI is InChI=1S/C22H42NO11P/c1-3-4-5-6-7-8-9-10-11-12-16(26)13-18(27)33-20-19(28)17(14-24)34-22(29,35(30,31)32)21(20)23-15(2)25/h16-17,19-21,24,26,28-29H,3-14H2,1-2H3,(H,23,25)(H2,30,31,32)/t16-,17-,19-,20+,21+,22-/m1/s1. The fourth-order valence-corrected chi connectivity index (χ4v) is 4.95. The lowest BCUT2D eigenvalue weighted by atomic mass is 9.96. The highest BCUT2D eigenvalue weighted by Gasteiger charge is 2.64. The Kier molecular flexibility index (Phi) is 13.9. The van der Waals surface area contributed by atoms with E-state index in [4.69, 9.17) is 9.47 Å². The molecule has 1 aliphatic rings. The van der Waals surface area contributed by atoms with Gasteiger partial charge in [0.2, 0.25) is 5.91 Å². The number of unbranched alkanes of at least 4 members (excludes halogenated alkanes) is 8. The maximum atomic E-state index is 12.4. The van der Waals surface area contributed by atoms with E-state index >= 15 is 0 Å². The molecular formula is C22H42NO11P. The maximum Gasteiger partial charge on any atom is 0.386 e. The van der Waals surface area contributed by atoms with Crippen LogP contribution in [0.1, 0.15) is 84.5 Å². The van der Waals surface area contributed by atoms with Crippen LogP contribution >= 0.6 is 7.60 Å². The number of rotatable bonds is 16. The molecule has 0 aromatic rings. The first-order valence-electron chi connectivity index (χ1n) is 12.3. The molecule has 13 heteroatoms. The third-order valence-corrected chi connectivity index (χ3v) is 7.26. The van der Waals surface area contributed by atoms with Crippen molar-refractivity contribution in [2.24, 2.45) is 0 Å². The topological polar surface area (TPSA) is 203 Å². The van der Waals surface area contributed by atoms with Gasteiger partial charge in [-0.1, -0.05) is 64.7 Å². The molecule has 0 aliphatic carbocycles. The van der Waals surface area contributed by atoms with E-state index in [1.807, 2.05) is 5.32 Å². The van der Waals surface area contributed by atoms with Gasteiger partial charge in [-0.25, -0.2) is 0 Å². The number of amides is 1. The Bertz CT molecular complexity index is 703. The van der Waals surface area contributed by atoms with E-state index in [-0.39, 0.29) is 0 Å². The van der Waals surface area contributed by atoms with Gasteiger partial charge in [0.15, 0.2) is 6.10 Å². The smallest absolute Gasteiger partial charge is 0.386 e. The van der Waals surface area contributed by atoms with Crippen molar-refractivity contribution >= 4 is 19.5 Å². The molecule has 1 rings (SSSR count). The van der Waals surface area contributed by atoms with Crippen LogP contribution in [0.15, 0.2) is 0 Å². The van der Waals surface area contributed by atoms with Crippen molar-refractivity contribution in [1.29, 1.82) is 0 Å². The molecule has 35 heavy (non-hydrogen) atoms. The molecule has 0 saturated carbocycles. The van der Waals surface area contributed by atoms with Gasteiger partial charge in [-0.3, -0.25) is 14.2 Å². The largest absolute Gasteiger partial charge is 0.457 e. The Morgan fingerprint density at radius 2 is 1.63 bits per heavy atom. The third kappa shape index (κ3) is 10.0. The second-order valence-corrected chi connectivity index (χ2v) is 10.9. The summed E-state index contributed by atoms with van der Waals surface area (Å²) in [6, 6.07) is -2.04. The molecule has 1 fully saturated rings. The van der Waals surface area contributed by atoms with Gasteiger partial charge >= 0.3 is 13.6 Å². The summed E-state index contributed by atoms with van der Waals surface area (Å²) in [7, 11) is -5.53. The van der Waals surface area contributed by atoms with Gasteiger partial charge in [-0.05, 0) is 6.42 Å². The van der Waals surface area contributed by atoms with Gasteiger partial charge < -0.3 is 45.0 Å². The van der Waals surface area contributed by atoms with Crippen molar-refractivity contribution in [3.8, 4) is 0 Å². The number of hydrogen-bond acceptors (Lipinski definition) is 9. The molecule has 0 aromatic carbocycles. The molecule has 1 amide bonds. The summed E-state index contributed by atoms with van der Waals surface area (Å²) in [4.78, 5) is 43.3. The highest BCUT2D eigenvalue weighted by molar-refractivity contribution is 7.53. The van der Waals surface area contributed by atoms with Gasteiger partial charge in [-0.2, -0.15) is 0 Å². The van der Waals surface area contributed by atoms with Gasteiger partial charge in [-0.15, -0.1) is 0 Å². The highest BCUT2D eigenvalue weighted by Crippen LogP contribution is 2.55. The summed E-state index contributed by atoms with van der Waals surface area (Å²) in [6.45, 7) is 2.19. The molecule has 0 unspecified atom stereocenters. The molecule has 1 aliphatic heterocycles. The first-order valence-corrected chi connectivity index (χ1v) is 13.9. The Balaban J connectivity index is 2.67. The Morgan fingerprint density at radius 1 is 1.09 bits per heavy atom. The van der Waals surface area contributed by atoms with E-state index in [0.29, 0.717) is 12.8 Å². The summed E-state index contributed by atoms with van der Waals surface area (Å²) < 4.78 is 22.0. The molecular weight excluding hydrogens is 485 g/mol. The van der Waals surface area contributed by atoms with Crippen molar-refractivity contribution in [1.82, 2.24) is 5.32 Å². The fourth-order valence-electron chi connectivity index (χ4n) is 4.10. The minimum atomic E-state index is -5.53. The number of carbonyl (C=O) groups is 2.